The minimum atomic E-state index is -0.877. The molecule has 0 heterocycles. The molecule has 0 aromatic rings. The van der Waals surface area contributed by atoms with Crippen molar-refractivity contribution in [3.63, 3.8) is 0 Å². The topological polar surface area (TPSA) is 77.4 Å². The molecule has 0 bridgehead atoms. The highest BCUT2D eigenvalue weighted by Gasteiger charge is 2.24. The van der Waals surface area contributed by atoms with Crippen LogP contribution in [0.3, 0.4) is 0 Å². The molecule has 0 aliphatic heterocycles. The SMILES string of the molecule is CCC(OC)C(C)CCC(O)C(C)/C=C/C=C(\C)C[C@H](OC)C(C[C@@H](O)OC)OC. The van der Waals surface area contributed by atoms with E-state index in [-0.39, 0.29) is 30.3 Å². The number of hydrogen-bond donors (Lipinski definition) is 2. The second-order valence-corrected chi connectivity index (χ2v) is 8.24. The molecule has 0 saturated heterocycles. The van der Waals surface area contributed by atoms with Crippen LogP contribution in [0.1, 0.15) is 59.8 Å². The molecule has 0 rings (SSSR count). The van der Waals surface area contributed by atoms with Gasteiger partial charge >= 0.3 is 0 Å². The standard InChI is InChI=1S/C24H46O6/c1-9-21(27-5)19(4)13-14-20(25)18(3)12-10-11-17(2)15-22(28-6)23(29-7)16-24(26)30-8/h10-12,18-26H,9,13-16H2,1-8H3/b12-10+,17-11+/t18?,19?,20?,21?,22-,23?,24-/m0/s1. The van der Waals surface area contributed by atoms with Gasteiger partial charge in [0, 0.05) is 40.8 Å². The van der Waals surface area contributed by atoms with Crippen LogP contribution in [0.25, 0.3) is 0 Å². The second-order valence-electron chi connectivity index (χ2n) is 8.24. The fourth-order valence-electron chi connectivity index (χ4n) is 3.65. The van der Waals surface area contributed by atoms with E-state index >= 15 is 0 Å². The summed E-state index contributed by atoms with van der Waals surface area (Å²) in [4.78, 5) is 0. The van der Waals surface area contributed by atoms with Gasteiger partial charge in [-0.2, -0.15) is 0 Å². The van der Waals surface area contributed by atoms with Gasteiger partial charge in [-0.3, -0.25) is 0 Å². The van der Waals surface area contributed by atoms with Crippen molar-refractivity contribution < 1.29 is 29.2 Å². The Kier molecular flexibility index (Phi) is 16.4. The van der Waals surface area contributed by atoms with Gasteiger partial charge in [0.05, 0.1) is 24.4 Å². The summed E-state index contributed by atoms with van der Waals surface area (Å²) < 4.78 is 21.5. The summed E-state index contributed by atoms with van der Waals surface area (Å²) in [5.74, 6) is 0.509. The summed E-state index contributed by atoms with van der Waals surface area (Å²) in [6.45, 7) is 8.38. The van der Waals surface area contributed by atoms with Crippen LogP contribution in [0, 0.1) is 11.8 Å². The summed E-state index contributed by atoms with van der Waals surface area (Å²) in [5, 5.41) is 20.2. The average molecular weight is 431 g/mol. The number of ether oxygens (including phenoxy) is 4. The van der Waals surface area contributed by atoms with Crippen molar-refractivity contribution in [2.75, 3.05) is 28.4 Å². The van der Waals surface area contributed by atoms with Crippen molar-refractivity contribution in [1.29, 1.82) is 0 Å². The van der Waals surface area contributed by atoms with Crippen molar-refractivity contribution in [3.05, 3.63) is 23.8 Å². The van der Waals surface area contributed by atoms with Gasteiger partial charge in [0.25, 0.3) is 0 Å². The Morgan fingerprint density at radius 2 is 1.47 bits per heavy atom. The van der Waals surface area contributed by atoms with Crippen molar-refractivity contribution >= 4 is 0 Å². The second kappa shape index (κ2) is 16.9. The van der Waals surface area contributed by atoms with Crippen LogP contribution in [0.15, 0.2) is 23.8 Å². The third kappa shape index (κ3) is 11.6. The minimum Gasteiger partial charge on any atom is -0.393 e. The summed E-state index contributed by atoms with van der Waals surface area (Å²) >= 11 is 0. The Morgan fingerprint density at radius 3 is 1.97 bits per heavy atom. The van der Waals surface area contributed by atoms with Crippen molar-refractivity contribution in [2.24, 2.45) is 11.8 Å². The molecule has 2 N–H and O–H groups in total. The summed E-state index contributed by atoms with van der Waals surface area (Å²) in [6, 6.07) is 0. The van der Waals surface area contributed by atoms with Gasteiger partial charge in [-0.05, 0) is 38.5 Å². The number of rotatable bonds is 17. The molecule has 0 aromatic carbocycles. The molecule has 5 unspecified atom stereocenters. The molecule has 0 aliphatic rings. The van der Waals surface area contributed by atoms with Gasteiger partial charge in [-0.15, -0.1) is 0 Å². The molecule has 30 heavy (non-hydrogen) atoms. The lowest BCUT2D eigenvalue weighted by Gasteiger charge is -2.26. The average Bonchev–Trinajstić information content (AvgIpc) is 2.74. The van der Waals surface area contributed by atoms with Crippen LogP contribution < -0.4 is 0 Å². The number of hydrogen-bond acceptors (Lipinski definition) is 6. The first-order valence-electron chi connectivity index (χ1n) is 11.0. The molecule has 0 radical (unpaired) electrons. The van der Waals surface area contributed by atoms with Gasteiger partial charge in [-0.25, -0.2) is 0 Å². The van der Waals surface area contributed by atoms with Gasteiger partial charge in [-0.1, -0.05) is 44.6 Å². The molecular formula is C24H46O6. The third-order valence-corrected chi connectivity index (χ3v) is 5.91. The first-order chi connectivity index (χ1) is 14.2. The molecule has 6 nitrogen and oxygen atoms in total. The van der Waals surface area contributed by atoms with Crippen molar-refractivity contribution in [2.45, 2.75) is 90.5 Å². The predicted molar refractivity (Wildman–Crippen MR) is 121 cm³/mol. The maximum Gasteiger partial charge on any atom is 0.156 e. The first-order valence-corrected chi connectivity index (χ1v) is 11.0. The maximum absolute atomic E-state index is 10.5. The van der Waals surface area contributed by atoms with Crippen LogP contribution in [0.2, 0.25) is 0 Å². The van der Waals surface area contributed by atoms with Gasteiger partial charge in [0.2, 0.25) is 0 Å². The van der Waals surface area contributed by atoms with Crippen LogP contribution >= 0.6 is 0 Å². The van der Waals surface area contributed by atoms with Crippen LogP contribution in [-0.2, 0) is 18.9 Å². The number of aliphatic hydroxyl groups excluding tert-OH is 2. The smallest absolute Gasteiger partial charge is 0.156 e. The zero-order valence-corrected chi connectivity index (χ0v) is 20.3. The van der Waals surface area contributed by atoms with Crippen LogP contribution in [0.4, 0.5) is 0 Å². The Labute approximate surface area is 184 Å². The normalized spacial score (nSPS) is 20.0. The Bertz CT molecular complexity index is 474. The van der Waals surface area contributed by atoms with E-state index in [2.05, 4.69) is 13.8 Å². The first kappa shape index (κ1) is 29.2. The molecule has 0 amide bonds. The Morgan fingerprint density at radius 1 is 0.867 bits per heavy atom. The van der Waals surface area contributed by atoms with E-state index in [0.29, 0.717) is 18.8 Å². The Balaban J connectivity index is 4.65. The molecule has 0 aliphatic carbocycles. The number of allylic oxidation sites excluding steroid dienone is 2. The lowest BCUT2D eigenvalue weighted by Crippen LogP contribution is -2.34. The molecule has 0 aromatic heterocycles. The van der Waals surface area contributed by atoms with Crippen molar-refractivity contribution in [1.82, 2.24) is 0 Å². The van der Waals surface area contributed by atoms with Gasteiger partial charge in [0.1, 0.15) is 0 Å². The summed E-state index contributed by atoms with van der Waals surface area (Å²) in [5.41, 5.74) is 1.13. The van der Waals surface area contributed by atoms with Crippen molar-refractivity contribution in [3.8, 4) is 0 Å². The molecule has 0 saturated carbocycles. The van der Waals surface area contributed by atoms with Gasteiger partial charge in [0.15, 0.2) is 6.29 Å². The van der Waals surface area contributed by atoms with Crippen LogP contribution in [-0.4, -0.2) is 69.4 Å². The van der Waals surface area contributed by atoms with Gasteiger partial charge < -0.3 is 29.2 Å². The predicted octanol–water partition coefficient (Wildman–Crippen LogP) is 4.10. The third-order valence-electron chi connectivity index (χ3n) is 5.91. The van der Waals surface area contributed by atoms with E-state index in [4.69, 9.17) is 18.9 Å². The highest BCUT2D eigenvalue weighted by Crippen LogP contribution is 2.21. The molecule has 0 fully saturated rings. The van der Waals surface area contributed by atoms with E-state index < -0.39 is 6.29 Å². The van der Waals surface area contributed by atoms with E-state index in [0.717, 1.165) is 24.8 Å². The minimum absolute atomic E-state index is 0.0747. The van der Waals surface area contributed by atoms with E-state index in [9.17, 15) is 10.2 Å². The highest BCUT2D eigenvalue weighted by atomic mass is 16.6. The lowest BCUT2D eigenvalue weighted by atomic mass is 9.91. The largest absolute Gasteiger partial charge is 0.393 e. The number of methoxy groups -OCH3 is 4. The summed E-state index contributed by atoms with van der Waals surface area (Å²) in [7, 11) is 6.47. The summed E-state index contributed by atoms with van der Waals surface area (Å²) in [6.07, 6.45) is 8.36. The quantitative estimate of drug-likeness (QED) is 0.267. The molecule has 0 spiro atoms. The van der Waals surface area contributed by atoms with E-state index in [1.165, 1.54) is 7.11 Å². The zero-order chi connectivity index (χ0) is 23.1. The fourth-order valence-corrected chi connectivity index (χ4v) is 3.65. The van der Waals surface area contributed by atoms with Crippen LogP contribution in [0.5, 0.6) is 0 Å². The fraction of sp³-hybridized carbons (Fsp3) is 0.833. The van der Waals surface area contributed by atoms with E-state index in [1.54, 1.807) is 21.3 Å². The Hall–Kier alpha value is -0.760. The monoisotopic (exact) mass is 430 g/mol. The lowest BCUT2D eigenvalue weighted by molar-refractivity contribution is -0.126. The number of aliphatic hydroxyl groups is 2. The maximum atomic E-state index is 10.5. The molecular weight excluding hydrogens is 384 g/mol. The highest BCUT2D eigenvalue weighted by molar-refractivity contribution is 5.12. The van der Waals surface area contributed by atoms with E-state index in [1.807, 2.05) is 32.1 Å². The molecule has 178 valence electrons. The molecule has 7 atom stereocenters. The zero-order valence-electron chi connectivity index (χ0n) is 20.3. The molecule has 6 heteroatoms.